The van der Waals surface area contributed by atoms with Gasteiger partial charge >= 0.3 is 0 Å². The van der Waals surface area contributed by atoms with Crippen molar-refractivity contribution in [2.45, 2.75) is 71.6 Å². The van der Waals surface area contributed by atoms with E-state index in [0.29, 0.717) is 11.3 Å². The van der Waals surface area contributed by atoms with E-state index in [2.05, 4.69) is 20.8 Å². The molecule has 1 heterocycles. The summed E-state index contributed by atoms with van der Waals surface area (Å²) >= 11 is 0. The summed E-state index contributed by atoms with van der Waals surface area (Å²) in [6.45, 7) is 10.9. The minimum Gasteiger partial charge on any atom is -0.379 e. The van der Waals surface area contributed by atoms with Crippen LogP contribution in [0.15, 0.2) is 0 Å². The second-order valence-corrected chi connectivity index (χ2v) is 6.95. The first kappa shape index (κ1) is 13.3. The molecule has 0 aromatic carbocycles. The lowest BCUT2D eigenvalue weighted by Crippen LogP contribution is -2.46. The fourth-order valence-corrected chi connectivity index (χ4v) is 3.09. The molecular weight excluding hydrogens is 216 g/mol. The normalized spacial score (nSPS) is 41.3. The Morgan fingerprint density at radius 1 is 1.12 bits per heavy atom. The van der Waals surface area contributed by atoms with E-state index >= 15 is 0 Å². The average Bonchev–Trinajstić information content (AvgIpc) is 2.48. The van der Waals surface area contributed by atoms with E-state index in [9.17, 15) is 0 Å². The van der Waals surface area contributed by atoms with Crippen molar-refractivity contribution in [1.82, 2.24) is 0 Å². The van der Waals surface area contributed by atoms with Crippen LogP contribution in [-0.2, 0) is 14.2 Å². The zero-order chi connectivity index (χ0) is 12.8. The van der Waals surface area contributed by atoms with Gasteiger partial charge in [-0.1, -0.05) is 20.8 Å². The zero-order valence-electron chi connectivity index (χ0n) is 11.9. The molecule has 0 aromatic heterocycles. The van der Waals surface area contributed by atoms with Gasteiger partial charge in [0.1, 0.15) is 6.10 Å². The molecule has 1 aliphatic heterocycles. The summed E-state index contributed by atoms with van der Waals surface area (Å²) in [5.74, 6) is 0.171. The van der Waals surface area contributed by atoms with Crippen LogP contribution >= 0.6 is 0 Å². The van der Waals surface area contributed by atoms with Crippen molar-refractivity contribution in [1.29, 1.82) is 0 Å². The van der Waals surface area contributed by atoms with Crippen LogP contribution in [0.25, 0.3) is 0 Å². The first-order valence-electron chi connectivity index (χ1n) is 6.61. The molecule has 1 saturated carbocycles. The third-order valence-electron chi connectivity index (χ3n) is 4.15. The highest BCUT2D eigenvalue weighted by atomic mass is 16.8. The van der Waals surface area contributed by atoms with Crippen LogP contribution in [0.4, 0.5) is 0 Å². The van der Waals surface area contributed by atoms with Gasteiger partial charge in [0.2, 0.25) is 0 Å². The number of ether oxygens (including phenoxy) is 3. The van der Waals surface area contributed by atoms with Crippen LogP contribution < -0.4 is 0 Å². The third-order valence-corrected chi connectivity index (χ3v) is 4.15. The quantitative estimate of drug-likeness (QED) is 0.707. The molecule has 1 aliphatic carbocycles. The molecule has 3 nitrogen and oxygen atoms in total. The van der Waals surface area contributed by atoms with E-state index in [0.717, 1.165) is 12.8 Å². The molecule has 1 saturated heterocycles. The number of hydrogen-bond donors (Lipinski definition) is 0. The van der Waals surface area contributed by atoms with Gasteiger partial charge in [0.25, 0.3) is 0 Å². The van der Waals surface area contributed by atoms with Crippen LogP contribution in [0.1, 0.15) is 47.5 Å². The molecule has 0 amide bonds. The summed E-state index contributed by atoms with van der Waals surface area (Å²) in [5, 5.41) is 0. The van der Waals surface area contributed by atoms with E-state index in [1.165, 1.54) is 0 Å². The number of fused-ring (bicyclic) bond motifs is 1. The standard InChI is InChI=1S/C14H26O3/c1-13(2,3)9-7-10(15-6)12-11(8-9)16-14(4,5)17-12/h9-12H,7-8H2,1-6H3/t9-,10+,11-,12+/m1/s1. The predicted octanol–water partition coefficient (Wildman–Crippen LogP) is 2.98. The molecule has 0 unspecified atom stereocenters. The summed E-state index contributed by atoms with van der Waals surface area (Å²) in [5.41, 5.74) is 0.303. The van der Waals surface area contributed by atoms with Gasteiger partial charge < -0.3 is 14.2 Å². The average molecular weight is 242 g/mol. The monoisotopic (exact) mass is 242 g/mol. The third kappa shape index (κ3) is 2.67. The highest BCUT2D eigenvalue weighted by Crippen LogP contribution is 2.45. The Hall–Kier alpha value is -0.120. The maximum absolute atomic E-state index is 6.01. The Morgan fingerprint density at radius 2 is 1.76 bits per heavy atom. The van der Waals surface area contributed by atoms with E-state index in [4.69, 9.17) is 14.2 Å². The van der Waals surface area contributed by atoms with Gasteiger partial charge in [-0.3, -0.25) is 0 Å². The lowest BCUT2D eigenvalue weighted by atomic mass is 9.70. The van der Waals surface area contributed by atoms with Gasteiger partial charge in [-0.2, -0.15) is 0 Å². The Kier molecular flexibility index (Phi) is 3.30. The minimum atomic E-state index is -0.459. The van der Waals surface area contributed by atoms with E-state index in [1.807, 2.05) is 13.8 Å². The molecule has 0 N–H and O–H groups in total. The number of hydrogen-bond acceptors (Lipinski definition) is 3. The van der Waals surface area contributed by atoms with Crippen LogP contribution in [0, 0.1) is 11.3 Å². The molecule has 100 valence electrons. The summed E-state index contributed by atoms with van der Waals surface area (Å²) < 4.78 is 17.6. The molecule has 0 bridgehead atoms. The smallest absolute Gasteiger partial charge is 0.163 e. The Labute approximate surface area is 105 Å². The van der Waals surface area contributed by atoms with E-state index in [-0.39, 0.29) is 18.3 Å². The topological polar surface area (TPSA) is 27.7 Å². The van der Waals surface area contributed by atoms with Gasteiger partial charge in [0, 0.05) is 7.11 Å². The molecule has 3 heteroatoms. The summed E-state index contributed by atoms with van der Waals surface area (Å²) in [6, 6.07) is 0. The van der Waals surface area contributed by atoms with Gasteiger partial charge in [-0.15, -0.1) is 0 Å². The van der Waals surface area contributed by atoms with Crippen molar-refractivity contribution < 1.29 is 14.2 Å². The van der Waals surface area contributed by atoms with Crippen molar-refractivity contribution in [2.75, 3.05) is 7.11 Å². The summed E-state index contributed by atoms with van der Waals surface area (Å²) in [6.07, 6.45) is 2.61. The predicted molar refractivity (Wildman–Crippen MR) is 66.8 cm³/mol. The molecule has 0 aromatic rings. The lowest BCUT2D eigenvalue weighted by Gasteiger charge is -2.41. The number of rotatable bonds is 1. The molecule has 2 rings (SSSR count). The molecular formula is C14H26O3. The van der Waals surface area contributed by atoms with Crippen molar-refractivity contribution in [3.8, 4) is 0 Å². The van der Waals surface area contributed by atoms with Gasteiger partial charge in [-0.05, 0) is 38.0 Å². The van der Waals surface area contributed by atoms with Crippen LogP contribution in [0.5, 0.6) is 0 Å². The molecule has 0 radical (unpaired) electrons. The van der Waals surface area contributed by atoms with E-state index in [1.54, 1.807) is 7.11 Å². The molecule has 2 fully saturated rings. The Morgan fingerprint density at radius 3 is 2.29 bits per heavy atom. The second kappa shape index (κ2) is 4.22. The first-order valence-corrected chi connectivity index (χ1v) is 6.61. The van der Waals surface area contributed by atoms with E-state index < -0.39 is 5.79 Å². The summed E-state index contributed by atoms with van der Waals surface area (Å²) in [7, 11) is 1.78. The van der Waals surface area contributed by atoms with Crippen molar-refractivity contribution in [2.24, 2.45) is 11.3 Å². The first-order chi connectivity index (χ1) is 7.73. The highest BCUT2D eigenvalue weighted by molar-refractivity contribution is 4.96. The molecule has 2 aliphatic rings. The molecule has 17 heavy (non-hydrogen) atoms. The zero-order valence-corrected chi connectivity index (χ0v) is 11.9. The van der Waals surface area contributed by atoms with Crippen molar-refractivity contribution >= 4 is 0 Å². The Balaban J connectivity index is 2.14. The van der Waals surface area contributed by atoms with Crippen LogP contribution in [-0.4, -0.2) is 31.2 Å². The van der Waals surface area contributed by atoms with Crippen LogP contribution in [0.2, 0.25) is 0 Å². The second-order valence-electron chi connectivity index (χ2n) is 6.95. The maximum Gasteiger partial charge on any atom is 0.163 e. The van der Waals surface area contributed by atoms with Crippen molar-refractivity contribution in [3.63, 3.8) is 0 Å². The highest BCUT2D eigenvalue weighted by Gasteiger charge is 2.51. The minimum absolute atomic E-state index is 0.105. The SMILES string of the molecule is CO[C@H]1C[C@@H](C(C)(C)C)C[C@H]2OC(C)(C)O[C@@H]12. The molecule has 0 spiro atoms. The Bertz CT molecular complexity index is 280. The fourth-order valence-electron chi connectivity index (χ4n) is 3.09. The summed E-state index contributed by atoms with van der Waals surface area (Å²) in [4.78, 5) is 0. The number of methoxy groups -OCH3 is 1. The maximum atomic E-state index is 6.01. The molecule has 4 atom stereocenters. The van der Waals surface area contributed by atoms with Gasteiger partial charge in [0.15, 0.2) is 5.79 Å². The van der Waals surface area contributed by atoms with Crippen LogP contribution in [0.3, 0.4) is 0 Å². The fraction of sp³-hybridized carbons (Fsp3) is 1.00. The lowest BCUT2D eigenvalue weighted by molar-refractivity contribution is -0.155. The largest absolute Gasteiger partial charge is 0.379 e. The van der Waals surface area contributed by atoms with Gasteiger partial charge in [0.05, 0.1) is 12.2 Å². The van der Waals surface area contributed by atoms with Gasteiger partial charge in [-0.25, -0.2) is 0 Å². The van der Waals surface area contributed by atoms with Crippen molar-refractivity contribution in [3.05, 3.63) is 0 Å².